The van der Waals surface area contributed by atoms with E-state index in [9.17, 15) is 22.0 Å². The largest absolute Gasteiger partial charge is 0.274 e. The van der Waals surface area contributed by atoms with Crippen molar-refractivity contribution in [1.82, 2.24) is 0 Å². The zero-order valence-corrected chi connectivity index (χ0v) is 7.14. The van der Waals surface area contributed by atoms with Crippen molar-refractivity contribution in [3.63, 3.8) is 0 Å². The van der Waals surface area contributed by atoms with Crippen LogP contribution in [-0.4, -0.2) is 0 Å². The molecule has 0 bridgehead atoms. The van der Waals surface area contributed by atoms with Gasteiger partial charge in [0.1, 0.15) is 0 Å². The third-order valence-electron chi connectivity index (χ3n) is 1.50. The van der Waals surface area contributed by atoms with Crippen LogP contribution in [0.4, 0.5) is 22.0 Å². The average Bonchev–Trinajstić information content (AvgIpc) is 2.19. The molecule has 1 nitrogen and oxygen atoms in total. The maximum absolute atomic E-state index is 12.7. The van der Waals surface area contributed by atoms with E-state index in [2.05, 4.69) is 16.2 Å². The minimum absolute atomic E-state index is 0.909. The highest BCUT2D eigenvalue weighted by atomic mass is 35.5. The number of benzene rings is 1. The second kappa shape index (κ2) is 4.10. The Morgan fingerprint density at radius 3 is 1.50 bits per heavy atom. The molecule has 0 saturated carbocycles. The van der Waals surface area contributed by atoms with E-state index in [0.717, 1.165) is 0 Å². The van der Waals surface area contributed by atoms with Crippen LogP contribution in [0.5, 0.6) is 0 Å². The van der Waals surface area contributed by atoms with Gasteiger partial charge in [0.2, 0.25) is 5.82 Å². The van der Waals surface area contributed by atoms with Crippen LogP contribution in [0, 0.1) is 29.1 Å². The summed E-state index contributed by atoms with van der Waals surface area (Å²) in [5, 5.41) is 0. The highest BCUT2D eigenvalue weighted by Crippen LogP contribution is 2.23. The van der Waals surface area contributed by atoms with Gasteiger partial charge in [-0.25, -0.2) is 22.0 Å². The predicted molar refractivity (Wildman–Crippen MR) is 36.9 cm³/mol. The smallest absolute Gasteiger partial charge is 0.200 e. The third-order valence-corrected chi connectivity index (χ3v) is 1.61. The fourth-order valence-electron chi connectivity index (χ4n) is 0.832. The first-order valence-electron chi connectivity index (χ1n) is 3.24. The zero-order chi connectivity index (χ0) is 10.9. The molecule has 0 aromatic heterocycles. The van der Waals surface area contributed by atoms with Gasteiger partial charge in [-0.1, -0.05) is 0 Å². The Kier molecular flexibility index (Phi) is 3.28. The van der Waals surface area contributed by atoms with Gasteiger partial charge in [-0.2, -0.15) is 0 Å². The maximum atomic E-state index is 12.7. The first kappa shape index (κ1) is 11.2. The molecule has 7 heteroatoms. The van der Waals surface area contributed by atoms with Gasteiger partial charge in [-0.3, -0.25) is 4.29 Å². The van der Waals surface area contributed by atoms with Crippen molar-refractivity contribution >= 4 is 11.9 Å². The molecule has 14 heavy (non-hydrogen) atoms. The topological polar surface area (TPSA) is 9.23 Å². The lowest BCUT2D eigenvalue weighted by Crippen LogP contribution is -2.07. The van der Waals surface area contributed by atoms with Crippen LogP contribution in [0.25, 0.3) is 0 Å². The Balaban J connectivity index is 3.43. The van der Waals surface area contributed by atoms with Crippen LogP contribution in [0.15, 0.2) is 0 Å². The maximum Gasteiger partial charge on any atom is 0.200 e. The second-order valence-electron chi connectivity index (χ2n) is 2.30. The monoisotopic (exact) mass is 232 g/mol. The summed E-state index contributed by atoms with van der Waals surface area (Å²) in [4.78, 5) is 0. The normalized spacial score (nSPS) is 10.7. The summed E-state index contributed by atoms with van der Waals surface area (Å²) in [6.07, 6.45) is 0. The zero-order valence-electron chi connectivity index (χ0n) is 6.38. The summed E-state index contributed by atoms with van der Waals surface area (Å²) in [6.45, 7) is -0.909. The Morgan fingerprint density at radius 1 is 0.786 bits per heavy atom. The lowest BCUT2D eigenvalue weighted by atomic mass is 10.2. The average molecular weight is 233 g/mol. The van der Waals surface area contributed by atoms with Crippen molar-refractivity contribution < 1.29 is 26.2 Å². The summed E-state index contributed by atoms with van der Waals surface area (Å²) in [6, 6.07) is 0. The lowest BCUT2D eigenvalue weighted by molar-refractivity contribution is 0.302. The molecule has 0 fully saturated rings. The van der Waals surface area contributed by atoms with Crippen LogP contribution in [0.1, 0.15) is 5.56 Å². The number of hydrogen-bond donors (Lipinski definition) is 0. The van der Waals surface area contributed by atoms with Gasteiger partial charge < -0.3 is 0 Å². The minimum atomic E-state index is -2.21. The molecule has 0 amide bonds. The van der Waals surface area contributed by atoms with E-state index >= 15 is 0 Å². The van der Waals surface area contributed by atoms with Crippen molar-refractivity contribution in [1.29, 1.82) is 0 Å². The first-order valence-corrected chi connectivity index (χ1v) is 3.55. The van der Waals surface area contributed by atoms with Crippen LogP contribution >= 0.6 is 11.9 Å². The summed E-state index contributed by atoms with van der Waals surface area (Å²) in [5.41, 5.74) is -1.10. The summed E-state index contributed by atoms with van der Waals surface area (Å²) in [7, 11) is 0. The summed E-state index contributed by atoms with van der Waals surface area (Å²) in [5.74, 6) is -10.1. The fraction of sp³-hybridized carbons (Fsp3) is 0.143. The molecule has 0 spiro atoms. The van der Waals surface area contributed by atoms with E-state index in [4.69, 9.17) is 0 Å². The number of hydrogen-bond acceptors (Lipinski definition) is 1. The van der Waals surface area contributed by atoms with Crippen molar-refractivity contribution in [3.05, 3.63) is 34.6 Å². The van der Waals surface area contributed by atoms with Crippen molar-refractivity contribution in [2.75, 3.05) is 0 Å². The SMILES string of the molecule is Fc1c(F)c(F)c(COCl)c(F)c1F. The Hall–Kier alpha value is -0.880. The molecule has 0 saturated heterocycles. The molecule has 1 aromatic carbocycles. The summed E-state index contributed by atoms with van der Waals surface area (Å²) >= 11 is 4.65. The quantitative estimate of drug-likeness (QED) is 0.433. The van der Waals surface area contributed by atoms with Gasteiger partial charge >= 0.3 is 0 Å². The molecule has 0 N–H and O–H groups in total. The van der Waals surface area contributed by atoms with Gasteiger partial charge in [0.15, 0.2) is 23.3 Å². The molecule has 0 aliphatic heterocycles. The van der Waals surface area contributed by atoms with Gasteiger partial charge in [0.05, 0.1) is 24.0 Å². The van der Waals surface area contributed by atoms with Crippen LogP contribution < -0.4 is 0 Å². The van der Waals surface area contributed by atoms with Gasteiger partial charge in [0, 0.05) is 0 Å². The number of rotatable bonds is 2. The van der Waals surface area contributed by atoms with Crippen LogP contribution in [0.2, 0.25) is 0 Å². The van der Waals surface area contributed by atoms with E-state index in [0.29, 0.717) is 0 Å². The Labute approximate surface area is 80.2 Å². The molecule has 1 rings (SSSR count). The van der Waals surface area contributed by atoms with Crippen LogP contribution in [0.3, 0.4) is 0 Å². The van der Waals surface area contributed by atoms with Gasteiger partial charge in [-0.05, 0) is 0 Å². The first-order chi connectivity index (χ1) is 6.50. The lowest BCUT2D eigenvalue weighted by Gasteiger charge is -2.05. The standard InChI is InChI=1S/C7H2ClF5O/c8-14-1-2-3(9)5(11)7(13)6(12)4(2)10/h1H2. The highest BCUT2D eigenvalue weighted by molar-refractivity contribution is 6.07. The second-order valence-corrected chi connectivity index (χ2v) is 2.52. The van der Waals surface area contributed by atoms with Crippen molar-refractivity contribution in [2.24, 2.45) is 0 Å². The molecule has 0 aliphatic carbocycles. The predicted octanol–water partition coefficient (Wildman–Crippen LogP) is 3.05. The Bertz CT molecular complexity index is 339. The van der Waals surface area contributed by atoms with Crippen molar-refractivity contribution in [2.45, 2.75) is 6.61 Å². The molecule has 1 aromatic rings. The number of halogens is 6. The van der Waals surface area contributed by atoms with Gasteiger partial charge in [-0.15, -0.1) is 0 Å². The van der Waals surface area contributed by atoms with E-state index in [1.807, 2.05) is 0 Å². The molecule has 0 heterocycles. The molecular weight excluding hydrogens is 231 g/mol. The fourth-order valence-corrected chi connectivity index (χ4v) is 0.941. The molecule has 0 atom stereocenters. The molecule has 0 aliphatic rings. The summed E-state index contributed by atoms with van der Waals surface area (Å²) < 4.78 is 66.6. The molecular formula is C7H2ClF5O. The van der Waals surface area contributed by atoms with E-state index in [1.165, 1.54) is 0 Å². The minimum Gasteiger partial charge on any atom is -0.274 e. The van der Waals surface area contributed by atoms with E-state index in [-0.39, 0.29) is 0 Å². The highest BCUT2D eigenvalue weighted by Gasteiger charge is 2.25. The van der Waals surface area contributed by atoms with Crippen molar-refractivity contribution in [3.8, 4) is 0 Å². The Morgan fingerprint density at radius 2 is 1.14 bits per heavy atom. The molecule has 0 unspecified atom stereocenters. The molecule has 78 valence electrons. The van der Waals surface area contributed by atoms with Gasteiger partial charge in [0.25, 0.3) is 0 Å². The van der Waals surface area contributed by atoms with E-state index < -0.39 is 41.3 Å². The molecule has 0 radical (unpaired) electrons. The van der Waals surface area contributed by atoms with Crippen LogP contribution in [-0.2, 0) is 10.9 Å². The third kappa shape index (κ3) is 1.67. The van der Waals surface area contributed by atoms with E-state index in [1.54, 1.807) is 0 Å².